The Labute approximate surface area is 139 Å². The third-order valence-electron chi connectivity index (χ3n) is 4.39. The average Bonchev–Trinajstić information content (AvgIpc) is 2.88. The third kappa shape index (κ3) is 3.95. The standard InChI is InChI=1S/C16H29N3O3S/c1-16(2,3)15-14(12-18(4)17-15)23(21,22)19(10-11-20)13-8-6-5-7-9-13/h12-13,20H,5-11H2,1-4H3. The van der Waals surface area contributed by atoms with E-state index in [4.69, 9.17) is 0 Å². The first kappa shape index (κ1) is 18.4. The molecule has 1 aromatic rings. The maximum absolute atomic E-state index is 13.3. The quantitative estimate of drug-likeness (QED) is 0.887. The van der Waals surface area contributed by atoms with Crippen molar-refractivity contribution in [2.75, 3.05) is 13.2 Å². The van der Waals surface area contributed by atoms with E-state index in [1.807, 2.05) is 20.8 Å². The molecule has 1 fully saturated rings. The smallest absolute Gasteiger partial charge is 0.246 e. The lowest BCUT2D eigenvalue weighted by molar-refractivity contribution is 0.199. The minimum absolute atomic E-state index is 0.0195. The molecule has 0 aliphatic heterocycles. The molecule has 0 atom stereocenters. The Morgan fingerprint density at radius 2 is 1.91 bits per heavy atom. The number of aryl methyl sites for hydroxylation is 1. The molecule has 2 rings (SSSR count). The van der Waals surface area contributed by atoms with Gasteiger partial charge in [0.2, 0.25) is 10.0 Å². The minimum atomic E-state index is -3.67. The van der Waals surface area contributed by atoms with Gasteiger partial charge in [0.15, 0.2) is 0 Å². The van der Waals surface area contributed by atoms with Gasteiger partial charge in [-0.15, -0.1) is 0 Å². The SMILES string of the molecule is Cn1cc(S(=O)(=O)N(CCO)C2CCCCC2)c(C(C)(C)C)n1. The summed E-state index contributed by atoms with van der Waals surface area (Å²) in [7, 11) is -1.92. The van der Waals surface area contributed by atoms with Crippen LogP contribution >= 0.6 is 0 Å². The third-order valence-corrected chi connectivity index (χ3v) is 6.35. The average molecular weight is 343 g/mol. The zero-order valence-electron chi connectivity index (χ0n) is 14.6. The van der Waals surface area contributed by atoms with Crippen LogP contribution in [-0.4, -0.2) is 46.8 Å². The van der Waals surface area contributed by atoms with Crippen LogP contribution in [0.1, 0.15) is 58.6 Å². The fourth-order valence-electron chi connectivity index (χ4n) is 3.27. The summed E-state index contributed by atoms with van der Waals surface area (Å²) >= 11 is 0. The van der Waals surface area contributed by atoms with E-state index in [-0.39, 0.29) is 29.5 Å². The lowest BCUT2D eigenvalue weighted by Gasteiger charge is -2.33. The second-order valence-electron chi connectivity index (χ2n) is 7.40. The molecule has 1 aliphatic carbocycles. The number of aliphatic hydroxyl groups is 1. The zero-order valence-corrected chi connectivity index (χ0v) is 15.4. The molecule has 1 saturated carbocycles. The minimum Gasteiger partial charge on any atom is -0.395 e. The highest BCUT2D eigenvalue weighted by atomic mass is 32.2. The monoisotopic (exact) mass is 343 g/mol. The van der Waals surface area contributed by atoms with Gasteiger partial charge in [-0.2, -0.15) is 9.40 Å². The van der Waals surface area contributed by atoms with Crippen LogP contribution in [0.25, 0.3) is 0 Å². The molecule has 7 heteroatoms. The second-order valence-corrected chi connectivity index (χ2v) is 9.26. The molecule has 6 nitrogen and oxygen atoms in total. The molecular weight excluding hydrogens is 314 g/mol. The van der Waals surface area contributed by atoms with Crippen LogP contribution in [0.2, 0.25) is 0 Å². The number of rotatable bonds is 5. The van der Waals surface area contributed by atoms with Crippen molar-refractivity contribution < 1.29 is 13.5 Å². The summed E-state index contributed by atoms with van der Waals surface area (Å²) in [6, 6.07) is -0.0195. The van der Waals surface area contributed by atoms with Crippen molar-refractivity contribution in [2.24, 2.45) is 7.05 Å². The maximum atomic E-state index is 13.3. The number of aromatic nitrogens is 2. The molecular formula is C16H29N3O3S. The first-order valence-electron chi connectivity index (χ1n) is 8.34. The Morgan fingerprint density at radius 1 is 1.30 bits per heavy atom. The predicted molar refractivity (Wildman–Crippen MR) is 89.8 cm³/mol. The molecule has 1 aromatic heterocycles. The zero-order chi connectivity index (χ0) is 17.3. The molecule has 0 saturated heterocycles. The van der Waals surface area contributed by atoms with Gasteiger partial charge in [-0.05, 0) is 12.8 Å². The molecule has 0 bridgehead atoms. The first-order chi connectivity index (χ1) is 10.7. The summed E-state index contributed by atoms with van der Waals surface area (Å²) in [6.45, 7) is 5.87. The Balaban J connectivity index is 2.45. The Morgan fingerprint density at radius 3 is 2.43 bits per heavy atom. The van der Waals surface area contributed by atoms with E-state index in [0.29, 0.717) is 5.69 Å². The van der Waals surface area contributed by atoms with Gasteiger partial charge >= 0.3 is 0 Å². The predicted octanol–water partition coefficient (Wildman–Crippen LogP) is 2.03. The van der Waals surface area contributed by atoms with Gasteiger partial charge in [-0.1, -0.05) is 40.0 Å². The van der Waals surface area contributed by atoms with Crippen LogP contribution in [0, 0.1) is 0 Å². The fourth-order valence-corrected chi connectivity index (χ4v) is 5.32. The molecule has 0 radical (unpaired) electrons. The van der Waals surface area contributed by atoms with E-state index >= 15 is 0 Å². The summed E-state index contributed by atoms with van der Waals surface area (Å²) in [5.41, 5.74) is 0.222. The second kappa shape index (κ2) is 6.91. The summed E-state index contributed by atoms with van der Waals surface area (Å²) in [6.07, 6.45) is 6.56. The van der Waals surface area contributed by atoms with Crippen molar-refractivity contribution >= 4 is 10.0 Å². The van der Waals surface area contributed by atoms with Gasteiger partial charge in [-0.3, -0.25) is 4.68 Å². The van der Waals surface area contributed by atoms with Gasteiger partial charge < -0.3 is 5.11 Å². The molecule has 1 heterocycles. The summed E-state index contributed by atoms with van der Waals surface area (Å²) < 4.78 is 29.6. The first-order valence-corrected chi connectivity index (χ1v) is 9.78. The van der Waals surface area contributed by atoms with Gasteiger partial charge in [-0.25, -0.2) is 8.42 Å². The number of hydrogen-bond acceptors (Lipinski definition) is 4. The van der Waals surface area contributed by atoms with Crippen LogP contribution in [-0.2, 0) is 22.5 Å². The van der Waals surface area contributed by atoms with Gasteiger partial charge in [0, 0.05) is 31.2 Å². The van der Waals surface area contributed by atoms with Gasteiger partial charge in [0.25, 0.3) is 0 Å². The Kier molecular flexibility index (Phi) is 5.53. The topological polar surface area (TPSA) is 75.4 Å². The van der Waals surface area contributed by atoms with Crippen molar-refractivity contribution in [3.8, 4) is 0 Å². The number of nitrogens with zero attached hydrogens (tertiary/aromatic N) is 3. The van der Waals surface area contributed by atoms with Crippen molar-refractivity contribution in [1.29, 1.82) is 0 Å². The lowest BCUT2D eigenvalue weighted by atomic mass is 9.92. The van der Waals surface area contributed by atoms with Crippen LogP contribution in [0.15, 0.2) is 11.1 Å². The van der Waals surface area contributed by atoms with Crippen molar-refractivity contribution in [1.82, 2.24) is 14.1 Å². The largest absolute Gasteiger partial charge is 0.395 e. The van der Waals surface area contributed by atoms with Gasteiger partial charge in [0.1, 0.15) is 4.90 Å². The van der Waals surface area contributed by atoms with E-state index < -0.39 is 10.0 Å². The molecule has 0 aromatic carbocycles. The number of aliphatic hydroxyl groups excluding tert-OH is 1. The van der Waals surface area contributed by atoms with Crippen LogP contribution < -0.4 is 0 Å². The number of sulfonamides is 1. The number of hydrogen-bond donors (Lipinski definition) is 1. The Hall–Kier alpha value is -0.920. The van der Waals surface area contributed by atoms with Crippen LogP contribution in [0.5, 0.6) is 0 Å². The summed E-state index contributed by atoms with van der Waals surface area (Å²) in [5.74, 6) is 0. The van der Waals surface area contributed by atoms with E-state index in [1.165, 1.54) is 4.31 Å². The van der Waals surface area contributed by atoms with Crippen LogP contribution in [0.3, 0.4) is 0 Å². The highest BCUT2D eigenvalue weighted by Gasteiger charge is 2.37. The van der Waals surface area contributed by atoms with Crippen molar-refractivity contribution in [2.45, 2.75) is 69.2 Å². The molecule has 132 valence electrons. The van der Waals surface area contributed by atoms with E-state index in [2.05, 4.69) is 5.10 Å². The highest BCUT2D eigenvalue weighted by Crippen LogP contribution is 2.32. The van der Waals surface area contributed by atoms with Gasteiger partial charge in [0.05, 0.1) is 12.3 Å². The van der Waals surface area contributed by atoms with Crippen molar-refractivity contribution in [3.63, 3.8) is 0 Å². The molecule has 0 amide bonds. The fraction of sp³-hybridized carbons (Fsp3) is 0.812. The Bertz CT molecular complexity index is 625. The van der Waals surface area contributed by atoms with E-state index in [0.717, 1.165) is 32.1 Å². The van der Waals surface area contributed by atoms with E-state index in [9.17, 15) is 13.5 Å². The van der Waals surface area contributed by atoms with E-state index in [1.54, 1.807) is 17.9 Å². The summed E-state index contributed by atoms with van der Waals surface area (Å²) in [4.78, 5) is 0.270. The highest BCUT2D eigenvalue weighted by molar-refractivity contribution is 7.89. The maximum Gasteiger partial charge on any atom is 0.246 e. The van der Waals surface area contributed by atoms with Crippen LogP contribution in [0.4, 0.5) is 0 Å². The summed E-state index contributed by atoms with van der Waals surface area (Å²) in [5, 5.41) is 13.8. The molecule has 1 aliphatic rings. The van der Waals surface area contributed by atoms with Crippen molar-refractivity contribution in [3.05, 3.63) is 11.9 Å². The molecule has 23 heavy (non-hydrogen) atoms. The molecule has 0 spiro atoms. The molecule has 0 unspecified atom stereocenters. The normalized spacial score (nSPS) is 17.8. The molecule has 1 N–H and O–H groups in total. The lowest BCUT2D eigenvalue weighted by Crippen LogP contribution is -2.43.